The van der Waals surface area contributed by atoms with Gasteiger partial charge in [-0.25, -0.2) is 9.18 Å². The number of rotatable bonds is 3. The van der Waals surface area contributed by atoms with Crippen molar-refractivity contribution in [3.05, 3.63) is 35.9 Å². The lowest BCUT2D eigenvalue weighted by atomic mass is 9.80. The second kappa shape index (κ2) is 6.22. The number of carbonyl (C=O) groups excluding carboxylic acids is 1. The highest BCUT2D eigenvalue weighted by Crippen LogP contribution is 2.31. The predicted octanol–water partition coefficient (Wildman–Crippen LogP) is 2.33. The van der Waals surface area contributed by atoms with Gasteiger partial charge in [0.25, 0.3) is 0 Å². The quantitative estimate of drug-likeness (QED) is 0.924. The number of hydrogen-bond acceptors (Lipinski definition) is 3. The van der Waals surface area contributed by atoms with Crippen LogP contribution in [0.25, 0.3) is 0 Å². The fourth-order valence-corrected chi connectivity index (χ4v) is 2.39. The van der Waals surface area contributed by atoms with E-state index in [9.17, 15) is 9.18 Å². The van der Waals surface area contributed by atoms with Gasteiger partial charge < -0.3 is 15.4 Å². The molecule has 0 bridgehead atoms. The maximum Gasteiger partial charge on any atom is 0.410 e. The van der Waals surface area contributed by atoms with Crippen molar-refractivity contribution in [2.24, 2.45) is 11.1 Å². The highest BCUT2D eigenvalue weighted by molar-refractivity contribution is 5.67. The Hall–Kier alpha value is -1.62. The van der Waals surface area contributed by atoms with Crippen LogP contribution in [-0.2, 0) is 11.3 Å². The summed E-state index contributed by atoms with van der Waals surface area (Å²) >= 11 is 0. The van der Waals surface area contributed by atoms with Crippen molar-refractivity contribution in [2.45, 2.75) is 26.1 Å². The number of ether oxygens (including phenoxy) is 1. The smallest absolute Gasteiger partial charge is 0.410 e. The maximum atomic E-state index is 13.9. The molecule has 1 aromatic rings. The number of amides is 1. The molecule has 0 saturated carbocycles. The van der Waals surface area contributed by atoms with Crippen LogP contribution in [0.1, 0.15) is 18.9 Å². The topological polar surface area (TPSA) is 55.6 Å². The molecule has 2 N–H and O–H groups in total. The standard InChI is InChI=1S/C15H21FN2O2/c1-15(10-17)11-18(8-7-13(15)16)14(19)20-9-12-5-3-2-4-6-12/h2-6,13H,7-11,17H2,1H3. The Kier molecular flexibility index (Phi) is 4.60. The molecule has 1 fully saturated rings. The Morgan fingerprint density at radius 3 is 2.85 bits per heavy atom. The van der Waals surface area contributed by atoms with Gasteiger partial charge in [-0.1, -0.05) is 37.3 Å². The van der Waals surface area contributed by atoms with E-state index >= 15 is 0 Å². The van der Waals surface area contributed by atoms with E-state index in [-0.39, 0.29) is 13.2 Å². The first-order valence-electron chi connectivity index (χ1n) is 6.85. The van der Waals surface area contributed by atoms with E-state index in [0.29, 0.717) is 19.5 Å². The number of benzene rings is 1. The van der Waals surface area contributed by atoms with Crippen LogP contribution in [0.3, 0.4) is 0 Å². The molecule has 1 aromatic carbocycles. The summed E-state index contributed by atoms with van der Waals surface area (Å²) in [6.07, 6.45) is -1.06. The first kappa shape index (κ1) is 14.8. The molecular formula is C15H21FN2O2. The highest BCUT2D eigenvalue weighted by Gasteiger charge is 2.40. The summed E-state index contributed by atoms with van der Waals surface area (Å²) in [5, 5.41) is 0. The van der Waals surface area contributed by atoms with Gasteiger partial charge in [0.15, 0.2) is 0 Å². The van der Waals surface area contributed by atoms with E-state index in [1.54, 1.807) is 11.8 Å². The molecule has 1 aliphatic rings. The average molecular weight is 280 g/mol. The summed E-state index contributed by atoms with van der Waals surface area (Å²) in [5.41, 5.74) is 5.89. The van der Waals surface area contributed by atoms with Crippen molar-refractivity contribution in [3.8, 4) is 0 Å². The fraction of sp³-hybridized carbons (Fsp3) is 0.533. The zero-order valence-corrected chi connectivity index (χ0v) is 11.7. The molecule has 0 aromatic heterocycles. The minimum atomic E-state index is -0.967. The third kappa shape index (κ3) is 3.28. The lowest BCUT2D eigenvalue weighted by Gasteiger charge is -2.41. The Bertz CT molecular complexity index is 454. The van der Waals surface area contributed by atoms with E-state index in [2.05, 4.69) is 0 Å². The molecule has 1 heterocycles. The van der Waals surface area contributed by atoms with Crippen molar-refractivity contribution in [2.75, 3.05) is 19.6 Å². The van der Waals surface area contributed by atoms with Crippen molar-refractivity contribution >= 4 is 6.09 Å². The fourth-order valence-electron chi connectivity index (χ4n) is 2.39. The third-order valence-electron chi connectivity index (χ3n) is 3.89. The Morgan fingerprint density at radius 2 is 2.20 bits per heavy atom. The van der Waals surface area contributed by atoms with Crippen molar-refractivity contribution in [3.63, 3.8) is 0 Å². The highest BCUT2D eigenvalue weighted by atomic mass is 19.1. The second-order valence-electron chi connectivity index (χ2n) is 5.58. The zero-order valence-electron chi connectivity index (χ0n) is 11.7. The molecule has 1 saturated heterocycles. The molecule has 5 heteroatoms. The molecule has 0 spiro atoms. The van der Waals surface area contributed by atoms with Gasteiger partial charge in [0, 0.05) is 25.0 Å². The van der Waals surface area contributed by atoms with Gasteiger partial charge in [-0.15, -0.1) is 0 Å². The number of likely N-dealkylation sites (tertiary alicyclic amines) is 1. The minimum absolute atomic E-state index is 0.219. The molecule has 0 radical (unpaired) electrons. The largest absolute Gasteiger partial charge is 0.445 e. The van der Waals surface area contributed by atoms with Gasteiger partial charge in [-0.2, -0.15) is 0 Å². The van der Waals surface area contributed by atoms with Gasteiger partial charge in [0.2, 0.25) is 0 Å². The summed E-state index contributed by atoms with van der Waals surface area (Å²) in [7, 11) is 0. The molecule has 2 unspecified atom stereocenters. The number of halogens is 1. The molecular weight excluding hydrogens is 259 g/mol. The Balaban J connectivity index is 1.90. The van der Waals surface area contributed by atoms with E-state index in [0.717, 1.165) is 5.56 Å². The van der Waals surface area contributed by atoms with Crippen LogP contribution in [0.5, 0.6) is 0 Å². The SMILES string of the molecule is CC1(CN)CN(C(=O)OCc2ccccc2)CCC1F. The van der Waals surface area contributed by atoms with Gasteiger partial charge >= 0.3 is 6.09 Å². The van der Waals surface area contributed by atoms with Crippen LogP contribution < -0.4 is 5.73 Å². The van der Waals surface area contributed by atoms with Gasteiger partial charge in [-0.05, 0) is 12.0 Å². The number of nitrogens with two attached hydrogens (primary N) is 1. The summed E-state index contributed by atoms with van der Waals surface area (Å²) < 4.78 is 19.1. The zero-order chi connectivity index (χ0) is 14.6. The molecule has 20 heavy (non-hydrogen) atoms. The molecule has 2 rings (SSSR count). The van der Waals surface area contributed by atoms with E-state index in [4.69, 9.17) is 10.5 Å². The van der Waals surface area contributed by atoms with E-state index < -0.39 is 17.7 Å². The average Bonchev–Trinajstić information content (AvgIpc) is 2.48. The molecule has 0 aliphatic carbocycles. The Morgan fingerprint density at radius 1 is 1.50 bits per heavy atom. The summed E-state index contributed by atoms with van der Waals surface area (Å²) in [6.45, 7) is 2.90. The second-order valence-corrected chi connectivity index (χ2v) is 5.58. The van der Waals surface area contributed by atoms with E-state index in [1.165, 1.54) is 0 Å². The number of nitrogens with zero attached hydrogens (tertiary/aromatic N) is 1. The van der Waals surface area contributed by atoms with Gasteiger partial charge in [0.1, 0.15) is 12.8 Å². The molecule has 1 aliphatic heterocycles. The van der Waals surface area contributed by atoms with Crippen LogP contribution in [-0.4, -0.2) is 36.8 Å². The van der Waals surface area contributed by atoms with E-state index in [1.807, 2.05) is 30.3 Å². The maximum absolute atomic E-state index is 13.9. The molecule has 4 nitrogen and oxygen atoms in total. The van der Waals surface area contributed by atoms with Gasteiger partial charge in [0.05, 0.1) is 0 Å². The lowest BCUT2D eigenvalue weighted by Crippen LogP contribution is -2.53. The molecule has 110 valence electrons. The van der Waals surface area contributed by atoms with Crippen LogP contribution in [0.2, 0.25) is 0 Å². The first-order chi connectivity index (χ1) is 9.55. The van der Waals surface area contributed by atoms with Crippen LogP contribution in [0.15, 0.2) is 30.3 Å². The summed E-state index contributed by atoms with van der Waals surface area (Å²) in [5.74, 6) is 0. The van der Waals surface area contributed by atoms with Crippen molar-refractivity contribution in [1.29, 1.82) is 0 Å². The molecule has 2 atom stereocenters. The normalized spacial score (nSPS) is 26.4. The lowest BCUT2D eigenvalue weighted by molar-refractivity contribution is 0.0136. The van der Waals surface area contributed by atoms with Crippen molar-refractivity contribution in [1.82, 2.24) is 4.90 Å². The van der Waals surface area contributed by atoms with Crippen LogP contribution >= 0.6 is 0 Å². The van der Waals surface area contributed by atoms with Crippen LogP contribution in [0, 0.1) is 5.41 Å². The number of hydrogen-bond donors (Lipinski definition) is 1. The first-order valence-corrected chi connectivity index (χ1v) is 6.85. The number of carbonyl (C=O) groups is 1. The molecule has 1 amide bonds. The number of piperidine rings is 1. The van der Waals surface area contributed by atoms with Crippen molar-refractivity contribution < 1.29 is 13.9 Å². The van der Waals surface area contributed by atoms with Crippen LogP contribution in [0.4, 0.5) is 9.18 Å². The monoisotopic (exact) mass is 280 g/mol. The summed E-state index contributed by atoms with van der Waals surface area (Å²) in [6, 6.07) is 9.48. The number of alkyl halides is 1. The van der Waals surface area contributed by atoms with Gasteiger partial charge in [-0.3, -0.25) is 0 Å². The third-order valence-corrected chi connectivity index (χ3v) is 3.89. The summed E-state index contributed by atoms with van der Waals surface area (Å²) in [4.78, 5) is 13.6. The minimum Gasteiger partial charge on any atom is -0.445 e. The Labute approximate surface area is 118 Å². The predicted molar refractivity (Wildman–Crippen MR) is 74.9 cm³/mol.